The van der Waals surface area contributed by atoms with E-state index in [2.05, 4.69) is 11.5 Å². The van der Waals surface area contributed by atoms with Crippen molar-refractivity contribution < 1.29 is 4.79 Å². The van der Waals surface area contributed by atoms with E-state index in [0.717, 1.165) is 6.54 Å². The lowest BCUT2D eigenvalue weighted by atomic mass is 10.3. The highest BCUT2D eigenvalue weighted by Crippen LogP contribution is 2.02. The van der Waals surface area contributed by atoms with E-state index in [1.807, 2.05) is 11.9 Å². The molecule has 0 aromatic heterocycles. The quantitative estimate of drug-likeness (QED) is 0.602. The van der Waals surface area contributed by atoms with Crippen LogP contribution in [0.5, 0.6) is 0 Å². The van der Waals surface area contributed by atoms with E-state index < -0.39 is 0 Å². The van der Waals surface area contributed by atoms with Crippen LogP contribution in [0.2, 0.25) is 0 Å². The Morgan fingerprint density at radius 3 is 2.57 bits per heavy atom. The number of hydrogen-bond donors (Lipinski definition) is 1. The minimum atomic E-state index is 0.178. The van der Waals surface area contributed by atoms with Gasteiger partial charge in [-0.3, -0.25) is 4.79 Å². The fourth-order valence-electron chi connectivity index (χ4n) is 1.45. The largest absolute Gasteiger partial charge is 0.339 e. The zero-order valence-corrected chi connectivity index (χ0v) is 8.49. The van der Waals surface area contributed by atoms with Crippen LogP contribution in [-0.2, 0) is 4.79 Å². The Labute approximate surface area is 84.3 Å². The molecule has 1 N–H and O–H groups in total. The summed E-state index contributed by atoms with van der Waals surface area (Å²) in [6, 6.07) is 0. The average molecular weight is 196 g/mol. The smallest absolute Gasteiger partial charge is 0.223 e. The van der Waals surface area contributed by atoms with E-state index >= 15 is 0 Å². The van der Waals surface area contributed by atoms with Gasteiger partial charge in [0.1, 0.15) is 0 Å². The summed E-state index contributed by atoms with van der Waals surface area (Å²) in [5.74, 6) is 0.178. The van der Waals surface area contributed by atoms with Crippen LogP contribution in [0, 0.1) is 11.5 Å². The minimum absolute atomic E-state index is 0.178. The van der Waals surface area contributed by atoms with Gasteiger partial charge in [-0.2, -0.15) is 5.26 Å². The van der Waals surface area contributed by atoms with Gasteiger partial charge < -0.3 is 15.1 Å². The van der Waals surface area contributed by atoms with E-state index in [0.29, 0.717) is 32.6 Å². The third kappa shape index (κ3) is 2.89. The number of amides is 1. The van der Waals surface area contributed by atoms with Crippen molar-refractivity contribution in [2.24, 2.45) is 0 Å². The molecule has 0 unspecified atom stereocenters. The highest BCUT2D eigenvalue weighted by atomic mass is 16.2. The number of hydrogen-bond acceptors (Lipinski definition) is 4. The van der Waals surface area contributed by atoms with Gasteiger partial charge in [-0.25, -0.2) is 0 Å². The Morgan fingerprint density at radius 2 is 2.07 bits per heavy atom. The molecule has 1 aliphatic rings. The number of piperazine rings is 1. The number of carbonyl (C=O) groups excluding carboxylic acids is 1. The van der Waals surface area contributed by atoms with Crippen molar-refractivity contribution in [2.45, 2.75) is 6.42 Å². The molecule has 14 heavy (non-hydrogen) atoms. The Bertz CT molecular complexity index is 227. The molecule has 0 saturated carbocycles. The Morgan fingerprint density at radius 1 is 1.43 bits per heavy atom. The molecule has 1 rings (SSSR count). The number of rotatable bonds is 3. The molecule has 0 aromatic rings. The highest BCUT2D eigenvalue weighted by molar-refractivity contribution is 5.76. The van der Waals surface area contributed by atoms with Crippen LogP contribution >= 0.6 is 0 Å². The lowest BCUT2D eigenvalue weighted by Crippen LogP contribution is -2.47. The molecule has 0 radical (unpaired) electrons. The van der Waals surface area contributed by atoms with E-state index in [1.54, 1.807) is 4.90 Å². The molecule has 0 spiro atoms. The van der Waals surface area contributed by atoms with E-state index in [1.165, 1.54) is 0 Å². The summed E-state index contributed by atoms with van der Waals surface area (Å²) in [6.45, 7) is 3.41. The third-order valence-electron chi connectivity index (χ3n) is 2.36. The molecule has 1 saturated heterocycles. The molecule has 0 atom stereocenters. The Balaban J connectivity index is 2.27. The van der Waals surface area contributed by atoms with Gasteiger partial charge >= 0.3 is 0 Å². The minimum Gasteiger partial charge on any atom is -0.339 e. The summed E-state index contributed by atoms with van der Waals surface area (Å²) in [6.07, 6.45) is 2.63. The molecule has 5 heteroatoms. The van der Waals surface area contributed by atoms with Crippen molar-refractivity contribution >= 4 is 5.91 Å². The first-order valence-electron chi connectivity index (χ1n) is 4.85. The molecule has 0 aromatic carbocycles. The first-order chi connectivity index (χ1) is 6.77. The molecule has 1 aliphatic heterocycles. The maximum Gasteiger partial charge on any atom is 0.223 e. The van der Waals surface area contributed by atoms with Crippen LogP contribution in [0.4, 0.5) is 0 Å². The van der Waals surface area contributed by atoms with Crippen LogP contribution in [0.25, 0.3) is 0 Å². The maximum absolute atomic E-state index is 11.5. The van der Waals surface area contributed by atoms with Crippen molar-refractivity contribution in [3.8, 4) is 6.19 Å². The number of carbonyl (C=O) groups is 1. The van der Waals surface area contributed by atoms with Crippen LogP contribution in [0.1, 0.15) is 6.42 Å². The first kappa shape index (κ1) is 10.8. The van der Waals surface area contributed by atoms with Crippen LogP contribution in [-0.4, -0.2) is 55.5 Å². The molecule has 5 nitrogen and oxygen atoms in total. The fourth-order valence-corrected chi connectivity index (χ4v) is 1.45. The zero-order valence-electron chi connectivity index (χ0n) is 8.49. The lowest BCUT2D eigenvalue weighted by Gasteiger charge is -2.31. The maximum atomic E-state index is 11.5. The number of nitriles is 1. The molecular weight excluding hydrogens is 180 g/mol. The summed E-state index contributed by atoms with van der Waals surface area (Å²) < 4.78 is 0. The number of nitrogens with one attached hydrogen (secondary N) is 1. The van der Waals surface area contributed by atoms with Crippen molar-refractivity contribution in [3.05, 3.63) is 0 Å². The molecular formula is C9H16N4O. The first-order valence-corrected chi connectivity index (χ1v) is 4.85. The second-order valence-corrected chi connectivity index (χ2v) is 3.32. The van der Waals surface area contributed by atoms with Crippen LogP contribution in [0.3, 0.4) is 0 Å². The molecule has 0 bridgehead atoms. The summed E-state index contributed by atoms with van der Waals surface area (Å²) in [5.41, 5.74) is 0. The van der Waals surface area contributed by atoms with Crippen molar-refractivity contribution in [1.29, 1.82) is 5.26 Å². The molecule has 0 aliphatic carbocycles. The van der Waals surface area contributed by atoms with Crippen molar-refractivity contribution in [2.75, 3.05) is 39.8 Å². The predicted molar refractivity (Wildman–Crippen MR) is 52.3 cm³/mol. The molecule has 1 fully saturated rings. The predicted octanol–water partition coefficient (Wildman–Crippen LogP) is -0.779. The summed E-state index contributed by atoms with van der Waals surface area (Å²) in [5, 5.41) is 11.6. The van der Waals surface area contributed by atoms with Gasteiger partial charge in [-0.15, -0.1) is 0 Å². The van der Waals surface area contributed by atoms with Crippen molar-refractivity contribution in [3.63, 3.8) is 0 Å². The average Bonchev–Trinajstić information content (AvgIpc) is 2.26. The summed E-state index contributed by atoms with van der Waals surface area (Å²) >= 11 is 0. The Hall–Kier alpha value is -1.28. The van der Waals surface area contributed by atoms with Gasteiger partial charge in [-0.1, -0.05) is 0 Å². The second-order valence-electron chi connectivity index (χ2n) is 3.32. The van der Waals surface area contributed by atoms with E-state index in [-0.39, 0.29) is 5.91 Å². The van der Waals surface area contributed by atoms with E-state index in [9.17, 15) is 4.79 Å². The third-order valence-corrected chi connectivity index (χ3v) is 2.36. The van der Waals surface area contributed by atoms with Crippen molar-refractivity contribution in [1.82, 2.24) is 15.1 Å². The topological polar surface area (TPSA) is 59.4 Å². The van der Waals surface area contributed by atoms with E-state index in [4.69, 9.17) is 5.26 Å². The normalized spacial score (nSPS) is 16.6. The fraction of sp³-hybridized carbons (Fsp3) is 0.778. The van der Waals surface area contributed by atoms with Gasteiger partial charge in [-0.05, 0) is 7.05 Å². The van der Waals surface area contributed by atoms with Crippen LogP contribution in [0.15, 0.2) is 0 Å². The number of nitrogens with zero attached hydrogens (tertiary/aromatic N) is 3. The van der Waals surface area contributed by atoms with Gasteiger partial charge in [0, 0.05) is 39.1 Å². The zero-order chi connectivity index (χ0) is 10.4. The lowest BCUT2D eigenvalue weighted by molar-refractivity contribution is -0.132. The van der Waals surface area contributed by atoms with Gasteiger partial charge in [0.25, 0.3) is 0 Å². The molecule has 1 amide bonds. The van der Waals surface area contributed by atoms with Gasteiger partial charge in [0.05, 0.1) is 0 Å². The highest BCUT2D eigenvalue weighted by Gasteiger charge is 2.19. The Kier molecular flexibility index (Phi) is 4.20. The summed E-state index contributed by atoms with van der Waals surface area (Å²) in [7, 11) is 1.83. The monoisotopic (exact) mass is 196 g/mol. The van der Waals surface area contributed by atoms with Gasteiger partial charge in [0.2, 0.25) is 5.91 Å². The van der Waals surface area contributed by atoms with Gasteiger partial charge in [0.15, 0.2) is 6.19 Å². The molecule has 78 valence electrons. The van der Waals surface area contributed by atoms with Crippen LogP contribution < -0.4 is 5.32 Å². The SMILES string of the molecule is CNCCC(=O)N1CCN(C#N)CC1. The standard InChI is InChI=1S/C9H16N4O/c1-11-3-2-9(14)13-6-4-12(8-10)5-7-13/h11H,2-7H2,1H3. The second kappa shape index (κ2) is 5.45. The summed E-state index contributed by atoms with van der Waals surface area (Å²) in [4.78, 5) is 15.0. The molecule has 1 heterocycles.